The molecule has 5 nitrogen and oxygen atoms in total. The third-order valence-corrected chi connectivity index (χ3v) is 4.40. The molecule has 3 unspecified atom stereocenters. The fourth-order valence-electron chi connectivity index (χ4n) is 2.20. The van der Waals surface area contributed by atoms with Gasteiger partial charge in [0.25, 0.3) is 5.91 Å². The molecule has 0 N–H and O–H groups in total. The number of hydrogen-bond acceptors (Lipinski definition) is 4. The number of rotatable bonds is 12. The zero-order valence-electron chi connectivity index (χ0n) is 19.8. The van der Waals surface area contributed by atoms with Crippen LogP contribution in [0.4, 0.5) is 101 Å². The van der Waals surface area contributed by atoms with Gasteiger partial charge in [0.2, 0.25) is 0 Å². The molecule has 3 atom stereocenters. The summed E-state index contributed by atoms with van der Waals surface area (Å²) in [6.07, 6.45) is -57.2. The fraction of sp³-hybridized carbons (Fsp3) is 0.812. The number of ether oxygens (including phenoxy) is 3. The van der Waals surface area contributed by atoms with Crippen molar-refractivity contribution in [1.82, 2.24) is 4.90 Å². The molecule has 262 valence electrons. The van der Waals surface area contributed by atoms with Crippen molar-refractivity contribution in [3.8, 4) is 0 Å². The number of likely N-dealkylation sites (N-methyl/N-ethyl adjacent to an activating group) is 1. The normalized spacial score (nSPS) is 19.1. The van der Waals surface area contributed by atoms with Crippen molar-refractivity contribution >= 4 is 5.91 Å². The summed E-state index contributed by atoms with van der Waals surface area (Å²) in [5, 5.41) is 0. The van der Waals surface area contributed by atoms with Gasteiger partial charge in [0.05, 0.1) is 0 Å². The molecule has 28 heteroatoms. The first kappa shape index (κ1) is 41.5. The number of nitrogens with zero attached hydrogens (tertiary/aromatic N) is 1. The molecule has 0 aliphatic rings. The van der Waals surface area contributed by atoms with Crippen molar-refractivity contribution in [2.75, 3.05) is 13.6 Å². The Morgan fingerprint density at radius 2 is 0.864 bits per heavy atom. The average Bonchev–Trinajstić information content (AvgIpc) is 2.74. The molecule has 0 saturated heterocycles. The summed E-state index contributed by atoms with van der Waals surface area (Å²) in [6.45, 7) is 1.34. The Bertz CT molecular complexity index is 1050. The number of hydrogen-bond donors (Lipinski definition) is 0. The third kappa shape index (κ3) is 6.99. The van der Waals surface area contributed by atoms with Crippen LogP contribution in [0.2, 0.25) is 0 Å². The molecule has 0 rings (SSSR count). The van der Waals surface area contributed by atoms with Crippen LogP contribution in [0.3, 0.4) is 0 Å². The van der Waals surface area contributed by atoms with Gasteiger partial charge < -0.3 is 4.90 Å². The molecule has 0 aromatic rings. The SMILES string of the molecule is C=CCN(C)C(=O)C(F)(OC(F)(F)C(F)(OC(F)(F)C(F)(OC(F)(F)C(F)(F)C(F)(F)F)C(F)(F)F)C(F)(F)F)C(F)(F)F. The van der Waals surface area contributed by atoms with E-state index in [4.69, 9.17) is 0 Å². The summed E-state index contributed by atoms with van der Waals surface area (Å²) in [5.74, 6) is -36.1. The maximum absolute atomic E-state index is 14.4. The van der Waals surface area contributed by atoms with Gasteiger partial charge in [0.15, 0.2) is 0 Å². The van der Waals surface area contributed by atoms with Gasteiger partial charge in [-0.3, -0.25) is 19.0 Å². The van der Waals surface area contributed by atoms with Crippen LogP contribution in [0.25, 0.3) is 0 Å². The van der Waals surface area contributed by atoms with Gasteiger partial charge in [0, 0.05) is 13.6 Å². The second-order valence-corrected chi connectivity index (χ2v) is 7.68. The van der Waals surface area contributed by atoms with Crippen LogP contribution >= 0.6 is 0 Å². The lowest BCUT2D eigenvalue weighted by Gasteiger charge is -2.42. The highest BCUT2D eigenvalue weighted by Crippen LogP contribution is 2.59. The molecule has 0 aromatic carbocycles. The molecule has 0 aliphatic heterocycles. The molecule has 1 amide bonds. The first-order chi connectivity index (χ1) is 18.8. The van der Waals surface area contributed by atoms with Crippen molar-refractivity contribution in [3.05, 3.63) is 12.7 Å². The zero-order valence-corrected chi connectivity index (χ0v) is 19.8. The highest BCUT2D eigenvalue weighted by molar-refractivity contribution is 5.84. The zero-order chi connectivity index (χ0) is 36.2. The maximum Gasteiger partial charge on any atom is 0.462 e. The quantitative estimate of drug-likeness (QED) is 0.157. The van der Waals surface area contributed by atoms with Crippen molar-refractivity contribution < 1.29 is 120 Å². The van der Waals surface area contributed by atoms with E-state index in [1.54, 1.807) is 4.74 Å². The van der Waals surface area contributed by atoms with Crippen LogP contribution in [0.1, 0.15) is 0 Å². The summed E-state index contributed by atoms with van der Waals surface area (Å²) < 4.78 is 308. The fourth-order valence-corrected chi connectivity index (χ4v) is 2.20. The standard InChI is InChI=1S/C16H8F23NO4/c1-3-4-40(2)5(41)6(17,10(22,23)24)42-15(36,37)8(20,12(28,29)30)44-16(38,39)9(21,13(31,32)33)43-14(34,35)7(18,19)11(25,26)27/h3H,1,4H2,2H3. The molecule has 0 radical (unpaired) electrons. The minimum absolute atomic E-state index is 0.00227. The van der Waals surface area contributed by atoms with Crippen LogP contribution in [0, 0.1) is 0 Å². The summed E-state index contributed by atoms with van der Waals surface area (Å²) in [4.78, 5) is 10.9. The van der Waals surface area contributed by atoms with Crippen LogP contribution in [-0.2, 0) is 19.0 Å². The van der Waals surface area contributed by atoms with Gasteiger partial charge in [-0.1, -0.05) is 6.08 Å². The Hall–Kier alpha value is -2.52. The Balaban J connectivity index is 7.38. The predicted molar refractivity (Wildman–Crippen MR) is 86.6 cm³/mol. The number of carbonyl (C=O) groups is 1. The van der Waals surface area contributed by atoms with Crippen molar-refractivity contribution in [1.29, 1.82) is 0 Å². The minimum Gasteiger partial charge on any atom is -0.337 e. The lowest BCUT2D eigenvalue weighted by atomic mass is 10.2. The van der Waals surface area contributed by atoms with E-state index < -0.39 is 83.9 Å². The van der Waals surface area contributed by atoms with Crippen LogP contribution < -0.4 is 0 Å². The third-order valence-electron chi connectivity index (χ3n) is 4.40. The van der Waals surface area contributed by atoms with E-state index in [9.17, 15) is 106 Å². The molecule has 0 bridgehead atoms. The first-order valence-electron chi connectivity index (χ1n) is 9.58. The van der Waals surface area contributed by atoms with E-state index in [0.29, 0.717) is 6.08 Å². The van der Waals surface area contributed by atoms with Crippen molar-refractivity contribution in [2.24, 2.45) is 0 Å². The second kappa shape index (κ2) is 11.4. The lowest BCUT2D eigenvalue weighted by Crippen LogP contribution is -2.71. The summed E-state index contributed by atoms with van der Waals surface area (Å²) in [5.41, 5.74) is 0. The van der Waals surface area contributed by atoms with Gasteiger partial charge in [-0.2, -0.15) is 101 Å². The lowest BCUT2D eigenvalue weighted by molar-refractivity contribution is -0.577. The van der Waals surface area contributed by atoms with Crippen molar-refractivity contribution in [2.45, 2.75) is 66.5 Å². The Kier molecular flexibility index (Phi) is 10.7. The molecule has 0 aromatic heterocycles. The van der Waals surface area contributed by atoms with Crippen LogP contribution in [0.5, 0.6) is 0 Å². The van der Waals surface area contributed by atoms with Crippen LogP contribution in [-0.4, -0.2) is 90.9 Å². The minimum atomic E-state index is -8.74. The van der Waals surface area contributed by atoms with E-state index >= 15 is 0 Å². The Morgan fingerprint density at radius 3 is 1.14 bits per heavy atom. The van der Waals surface area contributed by atoms with Gasteiger partial charge in [-0.15, -0.1) is 6.58 Å². The highest BCUT2D eigenvalue weighted by atomic mass is 19.4. The molecule has 0 heterocycles. The van der Waals surface area contributed by atoms with E-state index in [1.165, 1.54) is 4.74 Å². The first-order valence-corrected chi connectivity index (χ1v) is 9.58. The smallest absolute Gasteiger partial charge is 0.337 e. The summed E-state index contributed by atoms with van der Waals surface area (Å²) >= 11 is 0. The Labute approximate surface area is 225 Å². The molecule has 0 spiro atoms. The molecule has 0 saturated carbocycles. The Morgan fingerprint density at radius 1 is 0.545 bits per heavy atom. The van der Waals surface area contributed by atoms with Crippen molar-refractivity contribution in [3.63, 3.8) is 0 Å². The second-order valence-electron chi connectivity index (χ2n) is 7.68. The molecular weight excluding hydrogens is 707 g/mol. The number of amides is 1. The summed E-state index contributed by atoms with van der Waals surface area (Å²) in [7, 11) is -0.00227. The topological polar surface area (TPSA) is 48.0 Å². The molecular formula is C16H8F23NO4. The van der Waals surface area contributed by atoms with E-state index in [-0.39, 0.29) is 7.05 Å². The maximum atomic E-state index is 14.4. The highest BCUT2D eigenvalue weighted by Gasteiger charge is 2.88. The molecule has 0 aliphatic carbocycles. The monoisotopic (exact) mass is 715 g/mol. The number of carbonyl (C=O) groups excluding carboxylic acids is 1. The largest absolute Gasteiger partial charge is 0.462 e. The molecule has 44 heavy (non-hydrogen) atoms. The number of halogens is 23. The number of alkyl halides is 23. The van der Waals surface area contributed by atoms with E-state index in [2.05, 4.69) is 6.58 Å². The summed E-state index contributed by atoms with van der Waals surface area (Å²) in [6, 6.07) is 0. The van der Waals surface area contributed by atoms with Gasteiger partial charge in [0.1, 0.15) is 0 Å². The van der Waals surface area contributed by atoms with E-state index in [0.717, 1.165) is 4.74 Å². The van der Waals surface area contributed by atoms with Gasteiger partial charge in [-0.25, -0.2) is 0 Å². The predicted octanol–water partition coefficient (Wildman–Crippen LogP) is 7.34. The van der Waals surface area contributed by atoms with Gasteiger partial charge >= 0.3 is 66.5 Å². The average molecular weight is 715 g/mol. The van der Waals surface area contributed by atoms with E-state index in [1.807, 2.05) is 0 Å². The van der Waals surface area contributed by atoms with Gasteiger partial charge in [-0.05, 0) is 0 Å². The van der Waals surface area contributed by atoms with Crippen LogP contribution in [0.15, 0.2) is 12.7 Å². The molecule has 0 fully saturated rings.